The second-order valence-corrected chi connectivity index (χ2v) is 4.90. The first-order valence-electron chi connectivity index (χ1n) is 7.16. The van der Waals surface area contributed by atoms with Crippen molar-refractivity contribution in [2.75, 3.05) is 14.2 Å². The van der Waals surface area contributed by atoms with Crippen molar-refractivity contribution >= 4 is 0 Å². The van der Waals surface area contributed by atoms with Crippen molar-refractivity contribution in [2.24, 2.45) is 0 Å². The molecule has 0 amide bonds. The Morgan fingerprint density at radius 3 is 2.09 bits per heavy atom. The number of methoxy groups -OCH3 is 2. The van der Waals surface area contributed by atoms with Gasteiger partial charge in [0.15, 0.2) is 5.76 Å². The Morgan fingerprint density at radius 2 is 1.48 bits per heavy atom. The van der Waals surface area contributed by atoms with Crippen molar-refractivity contribution < 1.29 is 19.1 Å². The van der Waals surface area contributed by atoms with E-state index >= 15 is 0 Å². The second-order valence-electron chi connectivity index (χ2n) is 4.90. The Hall–Kier alpha value is -2.79. The van der Waals surface area contributed by atoms with Gasteiger partial charge in [0.05, 0.1) is 32.0 Å². The van der Waals surface area contributed by atoms with Crippen LogP contribution < -0.4 is 9.47 Å². The maximum atomic E-state index is 9.86. The van der Waals surface area contributed by atoms with Crippen LogP contribution in [0.15, 0.2) is 53.1 Å². The van der Waals surface area contributed by atoms with Crippen LogP contribution in [0.25, 0.3) is 22.6 Å². The molecule has 0 aliphatic rings. The van der Waals surface area contributed by atoms with Crippen LogP contribution in [-0.4, -0.2) is 24.5 Å². The summed E-state index contributed by atoms with van der Waals surface area (Å²) in [5, 5.41) is 14.0. The number of rotatable bonds is 5. The van der Waals surface area contributed by atoms with Crippen molar-refractivity contribution in [3.8, 4) is 34.1 Å². The van der Waals surface area contributed by atoms with Gasteiger partial charge in [0.2, 0.25) is 0 Å². The van der Waals surface area contributed by atoms with Crippen LogP contribution in [0.1, 0.15) is 5.56 Å². The SMILES string of the molecule is COc1ccccc1-c1noc(-c2ccccc2OC)c1CO. The maximum absolute atomic E-state index is 9.86. The lowest BCUT2D eigenvalue weighted by atomic mass is 10.0. The molecule has 2 aromatic carbocycles. The summed E-state index contributed by atoms with van der Waals surface area (Å²) in [6, 6.07) is 14.9. The maximum Gasteiger partial charge on any atom is 0.176 e. The zero-order valence-corrected chi connectivity index (χ0v) is 12.9. The van der Waals surface area contributed by atoms with Crippen LogP contribution in [-0.2, 0) is 6.61 Å². The molecule has 1 aromatic heterocycles. The van der Waals surface area contributed by atoms with Gasteiger partial charge in [-0.2, -0.15) is 0 Å². The fourth-order valence-corrected chi connectivity index (χ4v) is 2.55. The van der Waals surface area contributed by atoms with Gasteiger partial charge >= 0.3 is 0 Å². The summed E-state index contributed by atoms with van der Waals surface area (Å²) in [5.41, 5.74) is 2.67. The highest BCUT2D eigenvalue weighted by molar-refractivity contribution is 5.78. The topological polar surface area (TPSA) is 64.7 Å². The molecule has 1 heterocycles. The molecule has 0 saturated heterocycles. The molecule has 23 heavy (non-hydrogen) atoms. The predicted molar refractivity (Wildman–Crippen MR) is 86.4 cm³/mol. The van der Waals surface area contributed by atoms with Crippen molar-refractivity contribution in [3.63, 3.8) is 0 Å². The summed E-state index contributed by atoms with van der Waals surface area (Å²) in [7, 11) is 3.19. The molecule has 0 spiro atoms. The van der Waals surface area contributed by atoms with Gasteiger partial charge in [0, 0.05) is 5.56 Å². The molecule has 5 nitrogen and oxygen atoms in total. The largest absolute Gasteiger partial charge is 0.496 e. The van der Waals surface area contributed by atoms with Gasteiger partial charge in [0.1, 0.15) is 17.2 Å². The zero-order valence-electron chi connectivity index (χ0n) is 12.9. The molecule has 0 saturated carbocycles. The summed E-state index contributed by atoms with van der Waals surface area (Å²) in [6.07, 6.45) is 0. The number of benzene rings is 2. The minimum absolute atomic E-state index is 0.204. The van der Waals surface area contributed by atoms with Crippen molar-refractivity contribution in [3.05, 3.63) is 54.1 Å². The lowest BCUT2D eigenvalue weighted by molar-refractivity contribution is 0.281. The van der Waals surface area contributed by atoms with E-state index in [1.807, 2.05) is 48.5 Å². The van der Waals surface area contributed by atoms with E-state index < -0.39 is 0 Å². The Kier molecular flexibility index (Phi) is 4.30. The molecule has 5 heteroatoms. The van der Waals surface area contributed by atoms with Gasteiger partial charge in [-0.1, -0.05) is 29.4 Å². The van der Waals surface area contributed by atoms with Gasteiger partial charge in [-0.15, -0.1) is 0 Å². The Balaban J connectivity index is 2.18. The average Bonchev–Trinajstić information content (AvgIpc) is 3.05. The van der Waals surface area contributed by atoms with Crippen LogP contribution in [0, 0.1) is 0 Å². The molecular formula is C18H17NO4. The molecule has 1 N–H and O–H groups in total. The standard InChI is InChI=1S/C18H17NO4/c1-21-15-9-5-3-7-12(15)17-14(11-20)18(23-19-17)13-8-4-6-10-16(13)22-2/h3-10,20H,11H2,1-2H3. The Morgan fingerprint density at radius 1 is 0.913 bits per heavy atom. The molecule has 118 valence electrons. The van der Waals surface area contributed by atoms with Gasteiger partial charge in [0.25, 0.3) is 0 Å². The van der Waals surface area contributed by atoms with E-state index in [-0.39, 0.29) is 6.61 Å². The molecule has 0 aliphatic heterocycles. The summed E-state index contributed by atoms with van der Waals surface area (Å²) >= 11 is 0. The van der Waals surface area contributed by atoms with Crippen molar-refractivity contribution in [2.45, 2.75) is 6.61 Å². The van der Waals surface area contributed by atoms with E-state index in [1.54, 1.807) is 14.2 Å². The van der Waals surface area contributed by atoms with Crippen molar-refractivity contribution in [1.29, 1.82) is 0 Å². The summed E-state index contributed by atoms with van der Waals surface area (Å²) in [5.74, 6) is 1.82. The Bertz CT molecular complexity index is 745. The van der Waals surface area contributed by atoms with E-state index in [4.69, 9.17) is 14.0 Å². The third-order valence-electron chi connectivity index (χ3n) is 3.66. The fourth-order valence-electron chi connectivity index (χ4n) is 2.55. The average molecular weight is 311 g/mol. The second kappa shape index (κ2) is 6.54. The van der Waals surface area contributed by atoms with E-state index in [0.717, 1.165) is 11.1 Å². The molecule has 3 rings (SSSR count). The van der Waals surface area contributed by atoms with E-state index in [2.05, 4.69) is 5.16 Å². The van der Waals surface area contributed by atoms with Gasteiger partial charge < -0.3 is 19.1 Å². The number of nitrogens with zero attached hydrogens (tertiary/aromatic N) is 1. The third kappa shape index (κ3) is 2.66. The first kappa shape index (κ1) is 15.1. The molecule has 0 fully saturated rings. The third-order valence-corrected chi connectivity index (χ3v) is 3.66. The van der Waals surface area contributed by atoms with Crippen LogP contribution >= 0.6 is 0 Å². The summed E-state index contributed by atoms with van der Waals surface area (Å²) in [6.45, 7) is -0.204. The quantitative estimate of drug-likeness (QED) is 0.781. The molecule has 3 aromatic rings. The van der Waals surface area contributed by atoms with Gasteiger partial charge in [-0.05, 0) is 24.3 Å². The number of para-hydroxylation sites is 2. The van der Waals surface area contributed by atoms with Crippen LogP contribution in [0.4, 0.5) is 0 Å². The molecule has 0 aliphatic carbocycles. The molecular weight excluding hydrogens is 294 g/mol. The molecule has 0 bridgehead atoms. The number of aromatic nitrogens is 1. The fraction of sp³-hybridized carbons (Fsp3) is 0.167. The van der Waals surface area contributed by atoms with Gasteiger partial charge in [-0.25, -0.2) is 0 Å². The molecule has 0 radical (unpaired) electrons. The number of aliphatic hydroxyl groups is 1. The number of hydrogen-bond acceptors (Lipinski definition) is 5. The first-order valence-corrected chi connectivity index (χ1v) is 7.16. The van der Waals surface area contributed by atoms with E-state index in [9.17, 15) is 5.11 Å². The Labute approximate surface area is 134 Å². The normalized spacial score (nSPS) is 10.6. The van der Waals surface area contributed by atoms with Crippen LogP contribution in [0.5, 0.6) is 11.5 Å². The van der Waals surface area contributed by atoms with E-state index in [0.29, 0.717) is 28.5 Å². The van der Waals surface area contributed by atoms with Crippen LogP contribution in [0.3, 0.4) is 0 Å². The smallest absolute Gasteiger partial charge is 0.176 e. The number of hydrogen-bond donors (Lipinski definition) is 1. The highest BCUT2D eigenvalue weighted by atomic mass is 16.5. The predicted octanol–water partition coefficient (Wildman–Crippen LogP) is 3.52. The monoisotopic (exact) mass is 311 g/mol. The lowest BCUT2D eigenvalue weighted by Crippen LogP contribution is -1.93. The van der Waals surface area contributed by atoms with Gasteiger partial charge in [-0.3, -0.25) is 0 Å². The molecule has 0 unspecified atom stereocenters. The zero-order chi connectivity index (χ0) is 16.2. The van der Waals surface area contributed by atoms with E-state index in [1.165, 1.54) is 0 Å². The van der Waals surface area contributed by atoms with Crippen LogP contribution in [0.2, 0.25) is 0 Å². The highest BCUT2D eigenvalue weighted by Gasteiger charge is 2.22. The first-order chi connectivity index (χ1) is 11.3. The highest BCUT2D eigenvalue weighted by Crippen LogP contribution is 2.39. The number of aliphatic hydroxyl groups excluding tert-OH is 1. The lowest BCUT2D eigenvalue weighted by Gasteiger charge is -2.08. The minimum atomic E-state index is -0.204. The summed E-state index contributed by atoms with van der Waals surface area (Å²) < 4.78 is 16.3. The van der Waals surface area contributed by atoms with Crippen molar-refractivity contribution in [1.82, 2.24) is 5.16 Å². The number of ether oxygens (including phenoxy) is 2. The summed E-state index contributed by atoms with van der Waals surface area (Å²) in [4.78, 5) is 0. The molecule has 0 atom stereocenters. The minimum Gasteiger partial charge on any atom is -0.496 e.